The number of aryl methyl sites for hydroxylation is 1. The first-order chi connectivity index (χ1) is 13.6. The Hall–Kier alpha value is -2.70. The topological polar surface area (TPSA) is 81.2 Å². The zero-order chi connectivity index (χ0) is 19.7. The minimum atomic E-state index is -0.152. The van der Waals surface area contributed by atoms with Crippen LogP contribution in [0.15, 0.2) is 59.4 Å². The third-order valence-corrected chi connectivity index (χ3v) is 5.68. The Balaban J connectivity index is 0.00000240. The first-order valence-electron chi connectivity index (χ1n) is 9.56. The molecule has 0 unspecified atom stereocenters. The number of halogens is 1. The van der Waals surface area contributed by atoms with E-state index in [0.29, 0.717) is 30.7 Å². The van der Waals surface area contributed by atoms with Crippen LogP contribution < -0.4 is 11.3 Å². The summed E-state index contributed by atoms with van der Waals surface area (Å²) in [7, 11) is 1.62. The normalized spacial score (nSPS) is 18.6. The molecular weight excluding hydrogens is 388 g/mol. The van der Waals surface area contributed by atoms with E-state index in [1.807, 2.05) is 41.3 Å². The molecule has 0 spiro atoms. The number of amides is 1. The molecule has 3 aromatic rings. The summed E-state index contributed by atoms with van der Waals surface area (Å²) in [5.41, 5.74) is 7.70. The highest BCUT2D eigenvalue weighted by molar-refractivity contribution is 5.88. The smallest absolute Gasteiger partial charge is 0.274 e. The fourth-order valence-corrected chi connectivity index (χ4v) is 4.15. The minimum Gasteiger partial charge on any atom is -0.341 e. The molecule has 1 aliphatic heterocycles. The predicted molar refractivity (Wildman–Crippen MR) is 116 cm³/mol. The fourth-order valence-electron chi connectivity index (χ4n) is 4.15. The molecule has 1 aromatic heterocycles. The summed E-state index contributed by atoms with van der Waals surface area (Å²) in [4.78, 5) is 27.2. The number of rotatable bonds is 4. The summed E-state index contributed by atoms with van der Waals surface area (Å²) in [6, 6.07) is 17.6. The standard InChI is InChI=1S/C22H24N4O2.ClH/c1-25-22(28)18-10-6-5-9-17(18)20(24-25)11-21(27)26-13-16(12-23)19(14-26)15-7-3-2-4-8-15;/h2-10,16,19H,11-14,23H2,1H3;1H/t16-,19+;/m1./s1. The van der Waals surface area contributed by atoms with E-state index in [4.69, 9.17) is 5.73 Å². The molecule has 7 heteroatoms. The number of benzene rings is 2. The first kappa shape index (κ1) is 21.0. The Morgan fingerprint density at radius 3 is 2.41 bits per heavy atom. The Morgan fingerprint density at radius 2 is 1.72 bits per heavy atom. The molecule has 2 heterocycles. The molecule has 1 fully saturated rings. The number of likely N-dealkylation sites (tertiary alicyclic amines) is 1. The van der Waals surface area contributed by atoms with E-state index in [1.54, 1.807) is 13.1 Å². The van der Waals surface area contributed by atoms with Gasteiger partial charge in [0.15, 0.2) is 0 Å². The summed E-state index contributed by atoms with van der Waals surface area (Å²) in [5, 5.41) is 5.69. The lowest BCUT2D eigenvalue weighted by Crippen LogP contribution is -2.32. The lowest BCUT2D eigenvalue weighted by atomic mass is 9.89. The molecule has 2 aromatic carbocycles. The van der Waals surface area contributed by atoms with Crippen LogP contribution in [0.4, 0.5) is 0 Å². The molecule has 2 N–H and O–H groups in total. The molecule has 4 rings (SSSR count). The van der Waals surface area contributed by atoms with Crippen LogP contribution in [0.25, 0.3) is 10.8 Å². The van der Waals surface area contributed by atoms with Crippen molar-refractivity contribution >= 4 is 29.1 Å². The third-order valence-electron chi connectivity index (χ3n) is 5.68. The number of fused-ring (bicyclic) bond motifs is 1. The number of aromatic nitrogens is 2. The number of nitrogens with two attached hydrogens (primary N) is 1. The summed E-state index contributed by atoms with van der Waals surface area (Å²) in [5.74, 6) is 0.518. The zero-order valence-electron chi connectivity index (χ0n) is 16.3. The minimum absolute atomic E-state index is 0. The van der Waals surface area contributed by atoms with E-state index in [-0.39, 0.29) is 42.1 Å². The van der Waals surface area contributed by atoms with Gasteiger partial charge < -0.3 is 10.6 Å². The molecule has 1 amide bonds. The second kappa shape index (κ2) is 8.76. The Kier molecular flexibility index (Phi) is 6.35. The van der Waals surface area contributed by atoms with Crippen molar-refractivity contribution in [3.05, 3.63) is 76.2 Å². The highest BCUT2D eigenvalue weighted by Crippen LogP contribution is 2.32. The van der Waals surface area contributed by atoms with Gasteiger partial charge in [-0.05, 0) is 24.1 Å². The van der Waals surface area contributed by atoms with Gasteiger partial charge in [0.1, 0.15) is 0 Å². The van der Waals surface area contributed by atoms with Crippen LogP contribution in [-0.2, 0) is 18.3 Å². The highest BCUT2D eigenvalue weighted by Gasteiger charge is 2.35. The number of carbonyl (C=O) groups is 1. The van der Waals surface area contributed by atoms with Crippen LogP contribution >= 0.6 is 12.4 Å². The molecule has 2 atom stereocenters. The maximum absolute atomic E-state index is 13.1. The van der Waals surface area contributed by atoms with E-state index < -0.39 is 0 Å². The average Bonchev–Trinajstić information content (AvgIpc) is 3.17. The number of carbonyl (C=O) groups excluding carboxylic acids is 1. The van der Waals surface area contributed by atoms with E-state index in [0.717, 1.165) is 5.39 Å². The van der Waals surface area contributed by atoms with Gasteiger partial charge in [-0.2, -0.15) is 5.10 Å². The van der Waals surface area contributed by atoms with Gasteiger partial charge in [0.25, 0.3) is 5.56 Å². The lowest BCUT2D eigenvalue weighted by molar-refractivity contribution is -0.129. The lowest BCUT2D eigenvalue weighted by Gasteiger charge is -2.17. The van der Waals surface area contributed by atoms with Crippen molar-refractivity contribution in [2.45, 2.75) is 12.3 Å². The van der Waals surface area contributed by atoms with Crippen molar-refractivity contribution in [1.82, 2.24) is 14.7 Å². The number of hydrogen-bond acceptors (Lipinski definition) is 4. The summed E-state index contributed by atoms with van der Waals surface area (Å²) >= 11 is 0. The van der Waals surface area contributed by atoms with Crippen LogP contribution in [0.1, 0.15) is 17.2 Å². The van der Waals surface area contributed by atoms with Gasteiger partial charge in [0.2, 0.25) is 5.91 Å². The van der Waals surface area contributed by atoms with Gasteiger partial charge in [-0.1, -0.05) is 48.5 Å². The van der Waals surface area contributed by atoms with Gasteiger partial charge in [-0.15, -0.1) is 12.4 Å². The van der Waals surface area contributed by atoms with Crippen LogP contribution in [0.5, 0.6) is 0 Å². The molecule has 0 aliphatic carbocycles. The van der Waals surface area contributed by atoms with Crippen molar-refractivity contribution in [2.75, 3.05) is 19.6 Å². The van der Waals surface area contributed by atoms with Crippen molar-refractivity contribution in [3.8, 4) is 0 Å². The van der Waals surface area contributed by atoms with Crippen LogP contribution in [0, 0.1) is 5.92 Å². The van der Waals surface area contributed by atoms with Gasteiger partial charge in [0.05, 0.1) is 17.5 Å². The van der Waals surface area contributed by atoms with E-state index >= 15 is 0 Å². The predicted octanol–water partition coefficient (Wildman–Crippen LogP) is 2.10. The molecule has 0 radical (unpaired) electrons. The number of nitrogens with zero attached hydrogens (tertiary/aromatic N) is 3. The van der Waals surface area contributed by atoms with Crippen molar-refractivity contribution in [3.63, 3.8) is 0 Å². The van der Waals surface area contributed by atoms with Crippen LogP contribution in [0.2, 0.25) is 0 Å². The van der Waals surface area contributed by atoms with Gasteiger partial charge in [-0.3, -0.25) is 9.59 Å². The van der Waals surface area contributed by atoms with Crippen LogP contribution in [-0.4, -0.2) is 40.2 Å². The molecule has 1 saturated heterocycles. The average molecular weight is 413 g/mol. The molecule has 0 bridgehead atoms. The van der Waals surface area contributed by atoms with E-state index in [1.165, 1.54) is 10.2 Å². The summed E-state index contributed by atoms with van der Waals surface area (Å²) in [6.45, 7) is 1.86. The fraction of sp³-hybridized carbons (Fsp3) is 0.318. The summed E-state index contributed by atoms with van der Waals surface area (Å²) in [6.07, 6.45) is 0.174. The van der Waals surface area contributed by atoms with Crippen molar-refractivity contribution in [2.24, 2.45) is 18.7 Å². The molecule has 29 heavy (non-hydrogen) atoms. The van der Waals surface area contributed by atoms with Crippen molar-refractivity contribution in [1.29, 1.82) is 0 Å². The maximum atomic E-state index is 13.1. The second-order valence-electron chi connectivity index (χ2n) is 7.41. The van der Waals surface area contributed by atoms with Crippen molar-refractivity contribution < 1.29 is 4.79 Å². The number of hydrogen-bond donors (Lipinski definition) is 1. The second-order valence-corrected chi connectivity index (χ2v) is 7.41. The monoisotopic (exact) mass is 412 g/mol. The maximum Gasteiger partial charge on any atom is 0.274 e. The quantitative estimate of drug-likeness (QED) is 0.711. The van der Waals surface area contributed by atoms with Gasteiger partial charge in [0, 0.05) is 31.4 Å². The van der Waals surface area contributed by atoms with Gasteiger partial charge in [-0.25, -0.2) is 4.68 Å². The van der Waals surface area contributed by atoms with E-state index in [9.17, 15) is 9.59 Å². The Labute approximate surface area is 175 Å². The Morgan fingerprint density at radius 1 is 1.07 bits per heavy atom. The van der Waals surface area contributed by atoms with E-state index in [2.05, 4.69) is 17.2 Å². The van der Waals surface area contributed by atoms with Gasteiger partial charge >= 0.3 is 0 Å². The Bertz CT molecular complexity index is 1070. The van der Waals surface area contributed by atoms with Crippen LogP contribution in [0.3, 0.4) is 0 Å². The third kappa shape index (κ3) is 4.04. The molecule has 152 valence electrons. The molecule has 0 saturated carbocycles. The molecular formula is C22H25ClN4O2. The first-order valence-corrected chi connectivity index (χ1v) is 9.56. The molecule has 6 nitrogen and oxygen atoms in total. The summed E-state index contributed by atoms with van der Waals surface area (Å²) < 4.78 is 1.31. The zero-order valence-corrected chi connectivity index (χ0v) is 17.1. The SMILES string of the molecule is Cl.Cn1nc(CC(=O)N2C[C@@H](CN)[C@H](c3ccccc3)C2)c2ccccc2c1=O. The largest absolute Gasteiger partial charge is 0.341 e. The molecule has 1 aliphatic rings. The highest BCUT2D eigenvalue weighted by atomic mass is 35.5.